The first-order valence-electron chi connectivity index (χ1n) is 4.08. The standard InChI is InChI=1S/C9H10IN3/c1-5-4-13-7(3)8(10)12-9(13)6(2)11-5/h4H,1-3H3. The van der Waals surface area contributed by atoms with Crippen LogP contribution in [-0.4, -0.2) is 14.4 Å². The minimum absolute atomic E-state index is 0.965. The van der Waals surface area contributed by atoms with E-state index in [-0.39, 0.29) is 0 Å². The Bertz CT molecular complexity index is 473. The molecule has 4 heteroatoms. The summed E-state index contributed by atoms with van der Waals surface area (Å²) in [6.45, 7) is 6.06. The number of fused-ring (bicyclic) bond motifs is 1. The molecule has 0 atom stereocenters. The van der Waals surface area contributed by atoms with Crippen molar-refractivity contribution >= 4 is 28.2 Å². The molecule has 2 heterocycles. The van der Waals surface area contributed by atoms with Crippen molar-refractivity contribution in [3.05, 3.63) is 27.0 Å². The summed E-state index contributed by atoms with van der Waals surface area (Å²) in [6.07, 6.45) is 2.02. The molecule has 0 saturated carbocycles. The van der Waals surface area contributed by atoms with Gasteiger partial charge in [-0.25, -0.2) is 4.98 Å². The maximum absolute atomic E-state index is 4.44. The van der Waals surface area contributed by atoms with E-state index in [2.05, 4.69) is 43.9 Å². The van der Waals surface area contributed by atoms with E-state index in [1.54, 1.807) is 0 Å². The normalized spacial score (nSPS) is 11.1. The van der Waals surface area contributed by atoms with Crippen LogP contribution in [0.15, 0.2) is 6.20 Å². The van der Waals surface area contributed by atoms with Gasteiger partial charge in [-0.1, -0.05) is 0 Å². The predicted molar refractivity (Wildman–Crippen MR) is 59.9 cm³/mol. The summed E-state index contributed by atoms with van der Waals surface area (Å²) in [7, 11) is 0. The maximum atomic E-state index is 4.44. The van der Waals surface area contributed by atoms with Crippen LogP contribution in [0.1, 0.15) is 17.1 Å². The highest BCUT2D eigenvalue weighted by Crippen LogP contribution is 2.15. The van der Waals surface area contributed by atoms with Gasteiger partial charge in [0.1, 0.15) is 3.70 Å². The third kappa shape index (κ3) is 1.33. The Labute approximate surface area is 90.3 Å². The maximum Gasteiger partial charge on any atom is 0.159 e. The highest BCUT2D eigenvalue weighted by Gasteiger charge is 2.08. The number of halogens is 1. The third-order valence-corrected chi connectivity index (χ3v) is 3.10. The number of rotatable bonds is 0. The highest BCUT2D eigenvalue weighted by atomic mass is 127. The van der Waals surface area contributed by atoms with Gasteiger partial charge < -0.3 is 0 Å². The average molecular weight is 287 g/mol. The van der Waals surface area contributed by atoms with Crippen molar-refractivity contribution in [2.45, 2.75) is 20.8 Å². The minimum Gasteiger partial charge on any atom is -0.300 e. The third-order valence-electron chi connectivity index (χ3n) is 2.08. The van der Waals surface area contributed by atoms with Gasteiger partial charge in [-0.2, -0.15) is 0 Å². The number of hydrogen-bond acceptors (Lipinski definition) is 2. The quantitative estimate of drug-likeness (QED) is 0.696. The van der Waals surface area contributed by atoms with Gasteiger partial charge >= 0.3 is 0 Å². The fraction of sp³-hybridized carbons (Fsp3) is 0.333. The van der Waals surface area contributed by atoms with Gasteiger partial charge in [0, 0.05) is 6.20 Å². The van der Waals surface area contributed by atoms with Crippen molar-refractivity contribution in [1.82, 2.24) is 14.4 Å². The Hall–Kier alpha value is -0.650. The molecule has 0 saturated heterocycles. The number of hydrogen-bond donors (Lipinski definition) is 0. The fourth-order valence-electron chi connectivity index (χ4n) is 1.43. The Morgan fingerprint density at radius 3 is 2.62 bits per heavy atom. The Morgan fingerprint density at radius 2 is 1.92 bits per heavy atom. The molecule has 0 unspecified atom stereocenters. The van der Waals surface area contributed by atoms with E-state index in [1.165, 1.54) is 5.69 Å². The predicted octanol–water partition coefficient (Wildman–Crippen LogP) is 2.26. The average Bonchev–Trinajstić information content (AvgIpc) is 2.32. The lowest BCUT2D eigenvalue weighted by Gasteiger charge is -2.00. The molecular formula is C9H10IN3. The molecule has 0 N–H and O–H groups in total. The molecule has 0 aliphatic carbocycles. The van der Waals surface area contributed by atoms with Crippen molar-refractivity contribution in [3.8, 4) is 0 Å². The van der Waals surface area contributed by atoms with Crippen LogP contribution in [0.2, 0.25) is 0 Å². The lowest BCUT2D eigenvalue weighted by atomic mass is 10.4. The van der Waals surface area contributed by atoms with Crippen molar-refractivity contribution in [2.75, 3.05) is 0 Å². The van der Waals surface area contributed by atoms with Crippen LogP contribution in [0, 0.1) is 24.5 Å². The molecular weight excluding hydrogens is 277 g/mol. The zero-order chi connectivity index (χ0) is 9.59. The molecule has 0 amide bonds. The first-order chi connectivity index (χ1) is 6.09. The van der Waals surface area contributed by atoms with Gasteiger partial charge in [-0.15, -0.1) is 0 Å². The molecule has 0 radical (unpaired) electrons. The van der Waals surface area contributed by atoms with Crippen LogP contribution >= 0.6 is 22.6 Å². The summed E-state index contributed by atoms with van der Waals surface area (Å²) in [5.74, 6) is 0. The molecule has 0 aromatic carbocycles. The summed E-state index contributed by atoms with van der Waals surface area (Å²) in [4.78, 5) is 8.81. The molecule has 0 fully saturated rings. The number of aromatic nitrogens is 3. The summed E-state index contributed by atoms with van der Waals surface area (Å²) in [6, 6.07) is 0. The molecule has 13 heavy (non-hydrogen) atoms. The van der Waals surface area contributed by atoms with E-state index in [0.717, 1.165) is 20.7 Å². The summed E-state index contributed by atoms with van der Waals surface area (Å²) < 4.78 is 3.15. The smallest absolute Gasteiger partial charge is 0.159 e. The van der Waals surface area contributed by atoms with Crippen LogP contribution in [0.4, 0.5) is 0 Å². The summed E-state index contributed by atoms with van der Waals surface area (Å²) in [5.41, 5.74) is 4.17. The summed E-state index contributed by atoms with van der Waals surface area (Å²) >= 11 is 2.25. The zero-order valence-electron chi connectivity index (χ0n) is 7.80. The topological polar surface area (TPSA) is 30.2 Å². The van der Waals surface area contributed by atoms with Gasteiger partial charge in [0.15, 0.2) is 5.65 Å². The molecule has 2 aromatic rings. The summed E-state index contributed by atoms with van der Waals surface area (Å²) in [5, 5.41) is 0. The second-order valence-corrected chi connectivity index (χ2v) is 4.17. The van der Waals surface area contributed by atoms with Gasteiger partial charge in [-0.3, -0.25) is 9.38 Å². The van der Waals surface area contributed by atoms with Gasteiger partial charge in [0.25, 0.3) is 0 Å². The molecule has 0 aliphatic rings. The van der Waals surface area contributed by atoms with E-state index in [9.17, 15) is 0 Å². The number of aryl methyl sites for hydroxylation is 3. The van der Waals surface area contributed by atoms with Gasteiger partial charge in [0.2, 0.25) is 0 Å². The molecule has 68 valence electrons. The van der Waals surface area contributed by atoms with Crippen molar-refractivity contribution < 1.29 is 0 Å². The molecule has 0 aliphatic heterocycles. The van der Waals surface area contributed by atoms with Gasteiger partial charge in [0.05, 0.1) is 17.1 Å². The number of nitrogens with zero attached hydrogens (tertiary/aromatic N) is 3. The molecule has 2 rings (SSSR count). The lowest BCUT2D eigenvalue weighted by molar-refractivity contribution is 1.00. The van der Waals surface area contributed by atoms with E-state index < -0.39 is 0 Å². The Morgan fingerprint density at radius 1 is 1.23 bits per heavy atom. The van der Waals surface area contributed by atoms with Crippen molar-refractivity contribution in [3.63, 3.8) is 0 Å². The SMILES string of the molecule is Cc1cn2c(C)c(I)nc2c(C)n1. The highest BCUT2D eigenvalue weighted by molar-refractivity contribution is 14.1. The largest absolute Gasteiger partial charge is 0.300 e. The van der Waals surface area contributed by atoms with Crippen molar-refractivity contribution in [1.29, 1.82) is 0 Å². The second kappa shape index (κ2) is 2.94. The fourth-order valence-corrected chi connectivity index (χ4v) is 1.92. The lowest BCUT2D eigenvalue weighted by Crippen LogP contribution is -1.95. The van der Waals surface area contributed by atoms with E-state index in [4.69, 9.17) is 0 Å². The Balaban J connectivity index is 2.94. The molecule has 0 bridgehead atoms. The molecule has 3 nitrogen and oxygen atoms in total. The first-order valence-corrected chi connectivity index (χ1v) is 5.16. The van der Waals surface area contributed by atoms with Crippen LogP contribution < -0.4 is 0 Å². The van der Waals surface area contributed by atoms with E-state index >= 15 is 0 Å². The van der Waals surface area contributed by atoms with Crippen molar-refractivity contribution in [2.24, 2.45) is 0 Å². The number of imidazole rings is 1. The second-order valence-electron chi connectivity index (χ2n) is 3.15. The van der Waals surface area contributed by atoms with Gasteiger partial charge in [-0.05, 0) is 43.4 Å². The monoisotopic (exact) mass is 287 g/mol. The van der Waals surface area contributed by atoms with Crippen LogP contribution in [0.25, 0.3) is 5.65 Å². The zero-order valence-corrected chi connectivity index (χ0v) is 9.95. The van der Waals surface area contributed by atoms with Crippen LogP contribution in [0.3, 0.4) is 0 Å². The van der Waals surface area contributed by atoms with E-state index in [1.807, 2.05) is 20.0 Å². The minimum atomic E-state index is 0.965. The molecule has 2 aromatic heterocycles. The first kappa shape index (κ1) is 8.93. The van der Waals surface area contributed by atoms with E-state index in [0.29, 0.717) is 0 Å². The van der Waals surface area contributed by atoms with Crippen LogP contribution in [0.5, 0.6) is 0 Å². The van der Waals surface area contributed by atoms with Crippen LogP contribution in [-0.2, 0) is 0 Å². The Kier molecular flexibility index (Phi) is 2.02. The molecule has 0 spiro atoms.